The molecule has 2 aromatic heterocycles. The third-order valence-corrected chi connectivity index (χ3v) is 8.68. The maximum atomic E-state index is 7.35. The van der Waals surface area contributed by atoms with E-state index in [1.807, 2.05) is 53.8 Å². The molecule has 3 heterocycles. The summed E-state index contributed by atoms with van der Waals surface area (Å²) in [7, 11) is 0. The Morgan fingerprint density at radius 2 is 1.43 bits per heavy atom. The Balaban J connectivity index is 1.42. The van der Waals surface area contributed by atoms with Crippen molar-refractivity contribution in [2.24, 2.45) is 9.98 Å². The average molecular weight is 532 g/mol. The van der Waals surface area contributed by atoms with Crippen molar-refractivity contribution in [1.29, 1.82) is 0 Å². The summed E-state index contributed by atoms with van der Waals surface area (Å²) in [5, 5.41) is 8.48. The molecule has 0 saturated heterocycles. The molecule has 1 atom stereocenters. The lowest BCUT2D eigenvalue weighted by Gasteiger charge is -2.23. The van der Waals surface area contributed by atoms with E-state index < -0.39 is 6.17 Å². The zero-order valence-electron chi connectivity index (χ0n) is 21.2. The summed E-state index contributed by atoms with van der Waals surface area (Å²) in [6.45, 7) is 7.35. The van der Waals surface area contributed by atoms with E-state index in [4.69, 9.17) is 16.6 Å². The molecule has 40 heavy (non-hydrogen) atoms. The summed E-state index contributed by atoms with van der Waals surface area (Å²) in [5.41, 5.74) is 4.76. The highest BCUT2D eigenvalue weighted by atomic mass is 32.1. The third kappa shape index (κ3) is 3.46. The second-order valence-electron chi connectivity index (χ2n) is 9.79. The van der Waals surface area contributed by atoms with Gasteiger partial charge in [0.25, 0.3) is 0 Å². The van der Waals surface area contributed by atoms with E-state index in [9.17, 15) is 0 Å². The van der Waals surface area contributed by atoms with Crippen molar-refractivity contribution < 1.29 is 0 Å². The van der Waals surface area contributed by atoms with Crippen LogP contribution < -0.4 is 5.32 Å². The van der Waals surface area contributed by atoms with Crippen molar-refractivity contribution in [2.45, 2.75) is 6.17 Å². The molecule has 6 heteroatoms. The van der Waals surface area contributed by atoms with E-state index in [0.717, 1.165) is 34.0 Å². The van der Waals surface area contributed by atoms with Crippen LogP contribution in [0.2, 0.25) is 0 Å². The Morgan fingerprint density at radius 1 is 0.700 bits per heavy atom. The van der Waals surface area contributed by atoms with Gasteiger partial charge in [0, 0.05) is 31.8 Å². The smallest absolute Gasteiger partial charge is 0.211 e. The van der Waals surface area contributed by atoms with Crippen LogP contribution in [0.25, 0.3) is 46.8 Å². The SMILES string of the molecule is [C-]#[N+]c1ccc(C2=NC(c3ccccc3)N=C(n3c4ccccc4c4ccc5c6ccccc6sc5c43)N2)cc1. The summed E-state index contributed by atoms with van der Waals surface area (Å²) in [6.07, 6.45) is -0.411. The van der Waals surface area contributed by atoms with Gasteiger partial charge in [0.2, 0.25) is 5.96 Å². The van der Waals surface area contributed by atoms with Crippen LogP contribution in [0.3, 0.4) is 0 Å². The van der Waals surface area contributed by atoms with Gasteiger partial charge in [-0.1, -0.05) is 103 Å². The van der Waals surface area contributed by atoms with E-state index in [1.54, 1.807) is 0 Å². The van der Waals surface area contributed by atoms with Crippen LogP contribution in [-0.4, -0.2) is 16.4 Å². The Hall–Kier alpha value is -5.25. The first-order chi connectivity index (χ1) is 19.8. The molecule has 0 amide bonds. The minimum absolute atomic E-state index is 0.411. The molecule has 188 valence electrons. The summed E-state index contributed by atoms with van der Waals surface area (Å²) >= 11 is 1.82. The topological polar surface area (TPSA) is 46.0 Å². The molecule has 7 aromatic rings. The molecule has 1 aliphatic heterocycles. The highest BCUT2D eigenvalue weighted by Gasteiger charge is 2.25. The standard InChI is InChI=1S/C34H21N5S/c1-35-23-17-15-22(16-18-23)33-36-32(21-9-3-2-4-10-21)37-34(38-33)39-28-13-7-5-11-24(28)26-19-20-27-25-12-6-8-14-29(25)40-31(27)30(26)39/h2-20,32H,(H,36,37,38). The molecule has 1 aliphatic rings. The lowest BCUT2D eigenvalue weighted by Crippen LogP contribution is -2.39. The van der Waals surface area contributed by atoms with Gasteiger partial charge >= 0.3 is 0 Å². The minimum atomic E-state index is -0.411. The van der Waals surface area contributed by atoms with Crippen molar-refractivity contribution >= 4 is 70.8 Å². The molecule has 1 N–H and O–H groups in total. The lowest BCUT2D eigenvalue weighted by molar-refractivity contribution is 0.745. The van der Waals surface area contributed by atoms with Crippen LogP contribution in [0, 0.1) is 6.57 Å². The molecular weight excluding hydrogens is 510 g/mol. The maximum absolute atomic E-state index is 7.35. The minimum Gasteiger partial charge on any atom is -0.310 e. The van der Waals surface area contributed by atoms with Gasteiger partial charge in [0.15, 0.2) is 11.9 Å². The van der Waals surface area contributed by atoms with E-state index in [2.05, 4.69) is 87.5 Å². The molecule has 0 aliphatic carbocycles. The quantitative estimate of drug-likeness (QED) is 0.223. The largest absolute Gasteiger partial charge is 0.310 e. The molecule has 0 fully saturated rings. The van der Waals surface area contributed by atoms with E-state index in [0.29, 0.717) is 5.69 Å². The number of para-hydroxylation sites is 1. The van der Waals surface area contributed by atoms with Gasteiger partial charge in [0.05, 0.1) is 22.3 Å². The summed E-state index contributed by atoms with van der Waals surface area (Å²) in [4.78, 5) is 13.8. The number of amidine groups is 1. The van der Waals surface area contributed by atoms with E-state index in [1.165, 1.54) is 30.9 Å². The van der Waals surface area contributed by atoms with Gasteiger partial charge in [-0.15, -0.1) is 11.3 Å². The fourth-order valence-corrected chi connectivity index (χ4v) is 6.86. The number of hydrogen-bond donors (Lipinski definition) is 1. The van der Waals surface area contributed by atoms with Crippen molar-refractivity contribution in [2.75, 3.05) is 0 Å². The molecule has 5 aromatic carbocycles. The van der Waals surface area contributed by atoms with Gasteiger partial charge in [-0.25, -0.2) is 14.8 Å². The number of rotatable bonds is 2. The molecule has 0 radical (unpaired) electrons. The van der Waals surface area contributed by atoms with E-state index >= 15 is 0 Å². The van der Waals surface area contributed by atoms with Gasteiger partial charge in [-0.3, -0.25) is 4.57 Å². The summed E-state index contributed by atoms with van der Waals surface area (Å²) < 4.78 is 4.77. The zero-order valence-corrected chi connectivity index (χ0v) is 22.1. The molecule has 1 unspecified atom stereocenters. The first-order valence-corrected chi connectivity index (χ1v) is 13.9. The molecule has 5 nitrogen and oxygen atoms in total. The van der Waals surface area contributed by atoms with Crippen molar-refractivity contribution in [3.63, 3.8) is 0 Å². The Bertz CT molecular complexity index is 2200. The lowest BCUT2D eigenvalue weighted by atomic mass is 10.1. The zero-order chi connectivity index (χ0) is 26.6. The highest BCUT2D eigenvalue weighted by molar-refractivity contribution is 7.26. The fourth-order valence-electron chi connectivity index (χ4n) is 5.62. The van der Waals surface area contributed by atoms with Crippen LogP contribution in [-0.2, 0) is 0 Å². The normalized spacial score (nSPS) is 15.2. The number of fused-ring (bicyclic) bond motifs is 7. The van der Waals surface area contributed by atoms with Crippen LogP contribution in [0.15, 0.2) is 125 Å². The second-order valence-corrected chi connectivity index (χ2v) is 10.8. The predicted molar refractivity (Wildman–Crippen MR) is 167 cm³/mol. The van der Waals surface area contributed by atoms with Crippen molar-refractivity contribution in [1.82, 2.24) is 9.88 Å². The number of hydrogen-bond acceptors (Lipinski definition) is 4. The highest BCUT2D eigenvalue weighted by Crippen LogP contribution is 2.42. The van der Waals surface area contributed by atoms with Gasteiger partial charge in [-0.05, 0) is 17.7 Å². The first kappa shape index (κ1) is 22.7. The van der Waals surface area contributed by atoms with Crippen molar-refractivity contribution in [3.05, 3.63) is 138 Å². The second kappa shape index (κ2) is 8.91. The van der Waals surface area contributed by atoms with Gasteiger partial charge in [0.1, 0.15) is 5.84 Å². The number of aromatic nitrogens is 1. The third-order valence-electron chi connectivity index (χ3n) is 7.48. The number of aliphatic imine (C=N–C) groups is 2. The predicted octanol–water partition coefficient (Wildman–Crippen LogP) is 8.67. The number of nitrogens with zero attached hydrogens (tertiary/aromatic N) is 4. The number of nitrogens with one attached hydrogen (secondary N) is 1. The molecule has 8 rings (SSSR count). The average Bonchev–Trinajstić information content (AvgIpc) is 3.57. The Kier molecular flexibility index (Phi) is 5.06. The van der Waals surface area contributed by atoms with Crippen LogP contribution in [0.4, 0.5) is 5.69 Å². The van der Waals surface area contributed by atoms with Gasteiger partial charge < -0.3 is 5.32 Å². The fraction of sp³-hybridized carbons (Fsp3) is 0.0294. The number of thiophene rings is 1. The molecule has 0 bridgehead atoms. The molecule has 0 saturated carbocycles. The summed E-state index contributed by atoms with van der Waals surface area (Å²) in [5.74, 6) is 1.45. The molecular formula is C34H21N5S. The molecule has 0 spiro atoms. The van der Waals surface area contributed by atoms with Crippen molar-refractivity contribution in [3.8, 4) is 0 Å². The summed E-state index contributed by atoms with van der Waals surface area (Å²) in [6, 6.07) is 39.3. The van der Waals surface area contributed by atoms with Crippen LogP contribution in [0.1, 0.15) is 17.3 Å². The Labute approximate surface area is 234 Å². The van der Waals surface area contributed by atoms with Gasteiger partial charge in [-0.2, -0.15) is 0 Å². The monoisotopic (exact) mass is 531 g/mol. The van der Waals surface area contributed by atoms with E-state index in [-0.39, 0.29) is 0 Å². The van der Waals surface area contributed by atoms with Crippen LogP contribution in [0.5, 0.6) is 0 Å². The van der Waals surface area contributed by atoms with Crippen LogP contribution >= 0.6 is 11.3 Å². The first-order valence-electron chi connectivity index (χ1n) is 13.1. The maximum Gasteiger partial charge on any atom is 0.211 e. The Morgan fingerprint density at radius 3 is 2.25 bits per heavy atom. The number of benzene rings is 5.